The molecule has 1 heterocycles. The largest absolute Gasteiger partial charge is 0.493 e. The number of nitrogens with one attached hydrogen (secondary N) is 2. The maximum Gasteiger partial charge on any atom is 0.272 e. The van der Waals surface area contributed by atoms with Gasteiger partial charge in [-0.1, -0.05) is 18.2 Å². The van der Waals surface area contributed by atoms with Crippen LogP contribution in [0.2, 0.25) is 0 Å². The van der Waals surface area contributed by atoms with E-state index < -0.39 is 11.8 Å². The zero-order valence-electron chi connectivity index (χ0n) is 18.2. The highest BCUT2D eigenvalue weighted by Crippen LogP contribution is 2.40. The van der Waals surface area contributed by atoms with Gasteiger partial charge in [-0.3, -0.25) is 9.59 Å². The zero-order valence-corrected chi connectivity index (χ0v) is 18.2. The van der Waals surface area contributed by atoms with Gasteiger partial charge in [0.25, 0.3) is 11.8 Å². The number of aryl methyl sites for hydroxylation is 1. The minimum atomic E-state index is -0.558. The van der Waals surface area contributed by atoms with Crippen LogP contribution in [0.4, 0.5) is 5.69 Å². The van der Waals surface area contributed by atoms with E-state index in [1.54, 1.807) is 61.5 Å². The summed E-state index contributed by atoms with van der Waals surface area (Å²) in [6.45, 7) is 1.79. The highest BCUT2D eigenvalue weighted by molar-refractivity contribution is 6.10. The molecule has 0 atom stereocenters. The van der Waals surface area contributed by atoms with Crippen molar-refractivity contribution in [2.75, 3.05) is 26.6 Å². The number of anilines is 1. The van der Waals surface area contributed by atoms with Gasteiger partial charge in [-0.2, -0.15) is 0 Å². The normalized spacial score (nSPS) is 10.9. The van der Waals surface area contributed by atoms with Crippen LogP contribution < -0.4 is 24.8 Å². The van der Waals surface area contributed by atoms with E-state index in [0.717, 1.165) is 0 Å². The lowest BCUT2D eigenvalue weighted by atomic mass is 10.2. The van der Waals surface area contributed by atoms with Gasteiger partial charge in [0.1, 0.15) is 17.2 Å². The summed E-state index contributed by atoms with van der Waals surface area (Å²) in [6.07, 6.45) is 1.46. The van der Waals surface area contributed by atoms with Gasteiger partial charge in [0.2, 0.25) is 5.75 Å². The number of amides is 2. The van der Waals surface area contributed by atoms with Crippen molar-refractivity contribution in [2.24, 2.45) is 0 Å². The number of methoxy groups -OCH3 is 3. The molecule has 0 aliphatic rings. The second kappa shape index (κ2) is 10.2. The highest BCUT2D eigenvalue weighted by atomic mass is 16.5. The Morgan fingerprint density at radius 1 is 0.906 bits per heavy atom. The van der Waals surface area contributed by atoms with E-state index in [9.17, 15) is 9.59 Å². The van der Waals surface area contributed by atoms with Gasteiger partial charge in [0, 0.05) is 29.5 Å². The van der Waals surface area contributed by atoms with Crippen molar-refractivity contribution in [3.05, 3.63) is 77.4 Å². The fourth-order valence-corrected chi connectivity index (χ4v) is 2.97. The minimum absolute atomic E-state index is 0.00181. The Kier molecular flexibility index (Phi) is 7.17. The summed E-state index contributed by atoms with van der Waals surface area (Å²) in [6, 6.07) is 15.2. The minimum Gasteiger partial charge on any atom is -0.493 e. The number of hydrogen-bond acceptors (Lipinski definition) is 6. The predicted molar refractivity (Wildman–Crippen MR) is 120 cm³/mol. The molecule has 8 nitrogen and oxygen atoms in total. The molecular weight excluding hydrogens is 412 g/mol. The molecule has 2 N–H and O–H groups in total. The van der Waals surface area contributed by atoms with Crippen LogP contribution in [0, 0.1) is 6.92 Å². The molecule has 0 fully saturated rings. The average molecular weight is 436 g/mol. The summed E-state index contributed by atoms with van der Waals surface area (Å²) < 4.78 is 21.5. The third kappa shape index (κ3) is 5.28. The lowest BCUT2D eigenvalue weighted by molar-refractivity contribution is -0.113. The van der Waals surface area contributed by atoms with Crippen LogP contribution in [0.15, 0.2) is 64.7 Å². The fourth-order valence-electron chi connectivity index (χ4n) is 2.97. The number of benzene rings is 2. The molecule has 1 aromatic heterocycles. The van der Waals surface area contributed by atoms with Crippen LogP contribution in [0.1, 0.15) is 21.9 Å². The first-order chi connectivity index (χ1) is 15.4. The van der Waals surface area contributed by atoms with Gasteiger partial charge in [-0.15, -0.1) is 0 Å². The van der Waals surface area contributed by atoms with Crippen molar-refractivity contribution in [2.45, 2.75) is 6.92 Å². The maximum absolute atomic E-state index is 13.1. The standard InChI is InChI=1S/C24H24N2O6/c1-15-10-11-18(32-15)14-19(26-23(27)16-8-6-5-7-9-16)24(28)25-17-12-20(29-2)22(31-4)21(13-17)30-3/h5-14H,1-4H3,(H,25,28)(H,26,27)/b19-14-. The first kappa shape index (κ1) is 22.5. The van der Waals surface area contributed by atoms with E-state index in [-0.39, 0.29) is 5.70 Å². The summed E-state index contributed by atoms with van der Waals surface area (Å²) in [5.41, 5.74) is 0.802. The SMILES string of the molecule is COc1cc(NC(=O)/C(=C/c2ccc(C)o2)NC(=O)c2ccccc2)cc(OC)c1OC. The van der Waals surface area contributed by atoms with Crippen molar-refractivity contribution in [3.8, 4) is 17.2 Å². The first-order valence-corrected chi connectivity index (χ1v) is 9.71. The molecule has 0 bridgehead atoms. The van der Waals surface area contributed by atoms with E-state index in [1.807, 2.05) is 0 Å². The van der Waals surface area contributed by atoms with Crippen molar-refractivity contribution < 1.29 is 28.2 Å². The Morgan fingerprint density at radius 3 is 2.09 bits per heavy atom. The molecule has 32 heavy (non-hydrogen) atoms. The van der Waals surface area contributed by atoms with Crippen molar-refractivity contribution in [3.63, 3.8) is 0 Å². The third-order valence-corrected chi connectivity index (χ3v) is 4.50. The Bertz CT molecular complexity index is 1110. The molecule has 0 spiro atoms. The molecule has 2 amide bonds. The summed E-state index contributed by atoms with van der Waals surface area (Å²) in [5.74, 6) is 1.26. The summed E-state index contributed by atoms with van der Waals surface area (Å²) in [7, 11) is 4.45. The lowest BCUT2D eigenvalue weighted by Crippen LogP contribution is -2.30. The van der Waals surface area contributed by atoms with E-state index >= 15 is 0 Å². The van der Waals surface area contributed by atoms with E-state index in [1.165, 1.54) is 27.4 Å². The monoisotopic (exact) mass is 436 g/mol. The molecule has 0 saturated carbocycles. The number of ether oxygens (including phenoxy) is 3. The molecule has 3 rings (SSSR count). The topological polar surface area (TPSA) is 99.0 Å². The summed E-state index contributed by atoms with van der Waals surface area (Å²) in [4.78, 5) is 25.8. The maximum atomic E-state index is 13.1. The van der Waals surface area contributed by atoms with Gasteiger partial charge < -0.3 is 29.3 Å². The van der Waals surface area contributed by atoms with E-state index in [4.69, 9.17) is 18.6 Å². The second-order valence-corrected chi connectivity index (χ2v) is 6.69. The highest BCUT2D eigenvalue weighted by Gasteiger charge is 2.19. The number of carbonyl (C=O) groups excluding carboxylic acids is 2. The number of furan rings is 1. The van der Waals surface area contributed by atoms with Crippen molar-refractivity contribution in [1.82, 2.24) is 5.32 Å². The average Bonchev–Trinajstić information content (AvgIpc) is 3.22. The molecule has 0 radical (unpaired) electrons. The van der Waals surface area contributed by atoms with Crippen molar-refractivity contribution >= 4 is 23.6 Å². The lowest BCUT2D eigenvalue weighted by Gasteiger charge is -2.15. The zero-order chi connectivity index (χ0) is 23.1. The fraction of sp³-hybridized carbons (Fsp3) is 0.167. The van der Waals surface area contributed by atoms with Gasteiger partial charge in [0.05, 0.1) is 21.3 Å². The Balaban J connectivity index is 1.92. The quantitative estimate of drug-likeness (QED) is 0.518. The Labute approximate surface area is 185 Å². The van der Waals surface area contributed by atoms with Crippen molar-refractivity contribution in [1.29, 1.82) is 0 Å². The second-order valence-electron chi connectivity index (χ2n) is 6.69. The predicted octanol–water partition coefficient (Wildman–Crippen LogP) is 4.02. The van der Waals surface area contributed by atoms with Crippen LogP contribution in [0.3, 0.4) is 0 Å². The smallest absolute Gasteiger partial charge is 0.272 e. The number of carbonyl (C=O) groups is 2. The van der Waals surface area contributed by atoms with Gasteiger partial charge in [-0.25, -0.2) is 0 Å². The molecule has 0 saturated heterocycles. The molecular formula is C24H24N2O6. The first-order valence-electron chi connectivity index (χ1n) is 9.71. The Hall–Kier alpha value is -4.20. The molecule has 166 valence electrons. The van der Waals surface area contributed by atoms with Crippen LogP contribution >= 0.6 is 0 Å². The molecule has 0 aliphatic carbocycles. The van der Waals surface area contributed by atoms with Crippen LogP contribution in [-0.2, 0) is 4.79 Å². The summed E-state index contributed by atoms with van der Waals surface area (Å²) >= 11 is 0. The number of rotatable bonds is 8. The van der Waals surface area contributed by atoms with Gasteiger partial charge >= 0.3 is 0 Å². The third-order valence-electron chi connectivity index (χ3n) is 4.50. The molecule has 0 unspecified atom stereocenters. The molecule has 8 heteroatoms. The van der Waals surface area contributed by atoms with Crippen LogP contribution in [0.25, 0.3) is 6.08 Å². The van der Waals surface area contributed by atoms with E-state index in [0.29, 0.717) is 40.0 Å². The number of hydrogen-bond donors (Lipinski definition) is 2. The van der Waals surface area contributed by atoms with E-state index in [2.05, 4.69) is 10.6 Å². The van der Waals surface area contributed by atoms with Crippen LogP contribution in [0.5, 0.6) is 17.2 Å². The molecule has 2 aromatic carbocycles. The Morgan fingerprint density at radius 2 is 1.56 bits per heavy atom. The molecule has 3 aromatic rings. The summed E-state index contributed by atoms with van der Waals surface area (Å²) in [5, 5.41) is 5.40. The van der Waals surface area contributed by atoms with Gasteiger partial charge in [-0.05, 0) is 31.2 Å². The van der Waals surface area contributed by atoms with Crippen LogP contribution in [-0.4, -0.2) is 33.1 Å². The molecule has 0 aliphatic heterocycles. The van der Waals surface area contributed by atoms with Gasteiger partial charge in [0.15, 0.2) is 11.5 Å².